The van der Waals surface area contributed by atoms with Crippen LogP contribution >= 0.6 is 0 Å². The van der Waals surface area contributed by atoms with Gasteiger partial charge in [-0.3, -0.25) is 14.4 Å². The summed E-state index contributed by atoms with van der Waals surface area (Å²) >= 11 is 0. The third-order valence-corrected chi connectivity index (χ3v) is 4.73. The average Bonchev–Trinajstić information content (AvgIpc) is 2.72. The van der Waals surface area contributed by atoms with Crippen LogP contribution in [-0.4, -0.2) is 22.5 Å². The topological polar surface area (TPSA) is 122 Å². The van der Waals surface area contributed by atoms with E-state index < -0.39 is 16.8 Å². The van der Waals surface area contributed by atoms with Gasteiger partial charge < -0.3 is 14.6 Å². The maximum absolute atomic E-state index is 12.2. The first-order valence-electron chi connectivity index (χ1n) is 8.46. The first-order valence-corrected chi connectivity index (χ1v) is 8.46. The Morgan fingerprint density at radius 2 is 1.55 bits per heavy atom. The van der Waals surface area contributed by atoms with Crippen LogP contribution < -0.4 is 16.1 Å². The fraction of sp³-hybridized carbons (Fsp3) is 0. The van der Waals surface area contributed by atoms with Gasteiger partial charge in [0.05, 0.1) is 17.0 Å². The second-order valence-electron chi connectivity index (χ2n) is 6.28. The van der Waals surface area contributed by atoms with Gasteiger partial charge in [0, 0.05) is 16.3 Å². The largest absolute Gasteiger partial charge is 0.515 e. The van der Waals surface area contributed by atoms with Crippen LogP contribution in [0.5, 0.6) is 0 Å². The molecule has 0 amide bonds. The van der Waals surface area contributed by atoms with E-state index in [9.17, 15) is 29.4 Å². The fourth-order valence-corrected chi connectivity index (χ4v) is 3.44. The van der Waals surface area contributed by atoms with Crippen molar-refractivity contribution in [2.75, 3.05) is 0 Å². The standard InChI is InChI=1S/C22H12O7/c23-9-15-17(25)7-5-13-19(11-3-1-2-4-12(11)22(27)28)14-6-8-18(26)16(10-24)21(14)29-20(13)15/h1-10,23H,(H,27,28)/b15-9-. The lowest BCUT2D eigenvalue weighted by atomic mass is 9.92. The number of aldehydes is 1. The second-order valence-corrected chi connectivity index (χ2v) is 6.28. The van der Waals surface area contributed by atoms with E-state index in [0.717, 1.165) is 0 Å². The van der Waals surface area contributed by atoms with Crippen LogP contribution in [0.3, 0.4) is 0 Å². The van der Waals surface area contributed by atoms with Crippen LogP contribution in [-0.2, 0) is 0 Å². The first-order chi connectivity index (χ1) is 14.0. The molecule has 0 saturated heterocycles. The molecule has 0 aliphatic heterocycles. The predicted octanol–water partition coefficient (Wildman–Crippen LogP) is 2.50. The van der Waals surface area contributed by atoms with Crippen molar-refractivity contribution >= 4 is 40.5 Å². The van der Waals surface area contributed by atoms with Gasteiger partial charge in [-0.15, -0.1) is 0 Å². The number of fused-ring (bicyclic) bond motifs is 2. The lowest BCUT2D eigenvalue weighted by Gasteiger charge is -2.14. The van der Waals surface area contributed by atoms with Gasteiger partial charge in [0.1, 0.15) is 16.7 Å². The summed E-state index contributed by atoms with van der Waals surface area (Å²) in [5, 5.41) is 19.7. The highest BCUT2D eigenvalue weighted by Gasteiger charge is 2.21. The lowest BCUT2D eigenvalue weighted by molar-refractivity contribution is 0.0697. The number of aliphatic hydroxyl groups excluding tert-OH is 1. The molecule has 4 rings (SSSR count). The van der Waals surface area contributed by atoms with Crippen molar-refractivity contribution in [1.29, 1.82) is 0 Å². The van der Waals surface area contributed by atoms with E-state index in [1.165, 1.54) is 30.3 Å². The summed E-state index contributed by atoms with van der Waals surface area (Å²) in [6.07, 6.45) is 0.921. The van der Waals surface area contributed by atoms with Gasteiger partial charge in [-0.1, -0.05) is 18.2 Å². The van der Waals surface area contributed by atoms with Gasteiger partial charge in [0.2, 0.25) is 0 Å². The molecule has 0 fully saturated rings. The van der Waals surface area contributed by atoms with Crippen molar-refractivity contribution < 1.29 is 24.2 Å². The first kappa shape index (κ1) is 18.1. The zero-order valence-electron chi connectivity index (χ0n) is 14.7. The molecule has 0 unspecified atom stereocenters. The van der Waals surface area contributed by atoms with Gasteiger partial charge in [-0.25, -0.2) is 4.79 Å². The van der Waals surface area contributed by atoms with Gasteiger partial charge in [0.25, 0.3) is 0 Å². The molecule has 1 heterocycles. The summed E-state index contributed by atoms with van der Waals surface area (Å²) in [6.45, 7) is 0. The van der Waals surface area contributed by atoms with E-state index in [-0.39, 0.29) is 27.5 Å². The molecular formula is C22H12O7. The SMILES string of the molecule is O=Cc1c(=O)ccc2c(-c3ccccc3C(=O)O)c3ccc(=O)/c(=C/O)c3oc12. The highest BCUT2D eigenvalue weighted by molar-refractivity contribution is 6.13. The summed E-state index contributed by atoms with van der Waals surface area (Å²) in [5.74, 6) is -1.17. The lowest BCUT2D eigenvalue weighted by Crippen LogP contribution is -2.24. The van der Waals surface area contributed by atoms with Gasteiger partial charge in [0.15, 0.2) is 17.1 Å². The Bertz CT molecular complexity index is 1500. The van der Waals surface area contributed by atoms with Crippen LogP contribution in [0.1, 0.15) is 20.7 Å². The molecule has 0 aliphatic carbocycles. The maximum Gasteiger partial charge on any atom is 0.336 e. The molecule has 0 aliphatic rings. The summed E-state index contributed by atoms with van der Waals surface area (Å²) in [5.41, 5.74) is -0.874. The summed E-state index contributed by atoms with van der Waals surface area (Å²) < 4.78 is 5.74. The van der Waals surface area contributed by atoms with Crippen LogP contribution in [0.2, 0.25) is 0 Å². The zero-order chi connectivity index (χ0) is 20.7. The number of carboxylic acids is 1. The van der Waals surface area contributed by atoms with Crippen molar-refractivity contribution in [2.24, 2.45) is 0 Å². The Morgan fingerprint density at radius 1 is 0.897 bits per heavy atom. The van der Waals surface area contributed by atoms with E-state index in [1.54, 1.807) is 18.2 Å². The number of carboxylic acid groups (broad SMARTS) is 1. The number of carbonyl (C=O) groups excluding carboxylic acids is 1. The Hall–Kier alpha value is -4.26. The molecule has 29 heavy (non-hydrogen) atoms. The molecule has 0 atom stereocenters. The minimum atomic E-state index is -1.17. The number of aromatic carboxylic acids is 1. The third kappa shape index (κ3) is 2.68. The summed E-state index contributed by atoms with van der Waals surface area (Å²) in [6, 6.07) is 11.5. The van der Waals surface area contributed by atoms with Crippen molar-refractivity contribution in [3.05, 3.63) is 85.3 Å². The average molecular weight is 388 g/mol. The molecule has 0 bridgehead atoms. The van der Waals surface area contributed by atoms with Crippen LogP contribution in [0.25, 0.3) is 39.3 Å². The van der Waals surface area contributed by atoms with E-state index in [4.69, 9.17) is 4.42 Å². The molecule has 0 saturated carbocycles. The van der Waals surface area contributed by atoms with Crippen LogP contribution in [0.4, 0.5) is 0 Å². The van der Waals surface area contributed by atoms with E-state index in [0.29, 0.717) is 34.4 Å². The number of rotatable bonds is 3. The van der Waals surface area contributed by atoms with E-state index in [1.807, 2.05) is 0 Å². The Morgan fingerprint density at radius 3 is 2.21 bits per heavy atom. The molecule has 7 nitrogen and oxygen atoms in total. The normalized spacial score (nSPS) is 11.8. The van der Waals surface area contributed by atoms with Crippen molar-refractivity contribution in [2.45, 2.75) is 0 Å². The highest BCUT2D eigenvalue weighted by atomic mass is 16.4. The van der Waals surface area contributed by atoms with Crippen LogP contribution in [0.15, 0.2) is 62.5 Å². The molecule has 2 N–H and O–H groups in total. The summed E-state index contributed by atoms with van der Waals surface area (Å²) in [4.78, 5) is 47.7. The van der Waals surface area contributed by atoms with Gasteiger partial charge in [-0.2, -0.15) is 0 Å². The number of aliphatic hydroxyl groups is 1. The quantitative estimate of drug-likeness (QED) is 0.408. The number of benzene rings is 3. The molecule has 142 valence electrons. The van der Waals surface area contributed by atoms with Gasteiger partial charge >= 0.3 is 5.97 Å². The third-order valence-electron chi connectivity index (χ3n) is 4.73. The zero-order valence-corrected chi connectivity index (χ0v) is 14.7. The monoisotopic (exact) mass is 388 g/mol. The molecule has 0 radical (unpaired) electrons. The minimum Gasteiger partial charge on any atom is -0.515 e. The smallest absolute Gasteiger partial charge is 0.336 e. The molecule has 1 aromatic heterocycles. The number of carbonyl (C=O) groups is 2. The number of hydrogen-bond acceptors (Lipinski definition) is 6. The fourth-order valence-electron chi connectivity index (χ4n) is 3.44. The minimum absolute atomic E-state index is 0.0131. The second kappa shape index (κ2) is 6.72. The van der Waals surface area contributed by atoms with Crippen LogP contribution in [0, 0.1) is 0 Å². The Kier molecular flexibility index (Phi) is 4.20. The molecular weight excluding hydrogens is 376 g/mol. The molecule has 3 aromatic carbocycles. The highest BCUT2D eigenvalue weighted by Crippen LogP contribution is 2.37. The predicted molar refractivity (Wildman–Crippen MR) is 106 cm³/mol. The van der Waals surface area contributed by atoms with E-state index in [2.05, 4.69) is 0 Å². The number of hydrogen-bond donors (Lipinski definition) is 2. The van der Waals surface area contributed by atoms with Gasteiger partial charge in [-0.05, 0) is 35.9 Å². The van der Waals surface area contributed by atoms with Crippen molar-refractivity contribution in [3.63, 3.8) is 0 Å². The van der Waals surface area contributed by atoms with E-state index >= 15 is 0 Å². The Balaban J connectivity index is 2.39. The summed E-state index contributed by atoms with van der Waals surface area (Å²) in [7, 11) is 0. The Labute approximate surface area is 161 Å². The molecule has 7 heteroatoms. The maximum atomic E-state index is 12.2. The van der Waals surface area contributed by atoms with Crippen molar-refractivity contribution in [1.82, 2.24) is 0 Å². The molecule has 0 spiro atoms. The molecule has 4 aromatic rings. The van der Waals surface area contributed by atoms with Crippen molar-refractivity contribution in [3.8, 4) is 11.1 Å².